The maximum absolute atomic E-state index is 12.6. The van der Waals surface area contributed by atoms with Crippen molar-refractivity contribution in [1.82, 2.24) is 10.2 Å². The van der Waals surface area contributed by atoms with Gasteiger partial charge in [0, 0.05) is 29.7 Å². The lowest BCUT2D eigenvalue weighted by atomic mass is 9.90. The van der Waals surface area contributed by atoms with E-state index >= 15 is 0 Å². The maximum Gasteiger partial charge on any atom is 0.270 e. The number of benzene rings is 1. The molecule has 1 aliphatic carbocycles. The van der Waals surface area contributed by atoms with Gasteiger partial charge in [-0.2, -0.15) is 5.26 Å². The summed E-state index contributed by atoms with van der Waals surface area (Å²) < 4.78 is 5.75. The molecule has 0 radical (unpaired) electrons. The molecule has 0 unspecified atom stereocenters. The fourth-order valence-electron chi connectivity index (χ4n) is 3.82. The summed E-state index contributed by atoms with van der Waals surface area (Å²) in [6, 6.07) is 9.62. The second-order valence-electron chi connectivity index (χ2n) is 7.86. The quantitative estimate of drug-likeness (QED) is 0.217. The molecule has 2 heterocycles. The Bertz CT molecular complexity index is 1260. The second-order valence-corrected chi connectivity index (χ2v) is 8.87. The van der Waals surface area contributed by atoms with Crippen molar-refractivity contribution in [3.05, 3.63) is 62.4 Å². The largest absolute Gasteiger partial charge is 0.457 e. The third-order valence-corrected chi connectivity index (χ3v) is 6.59. The summed E-state index contributed by atoms with van der Waals surface area (Å²) in [4.78, 5) is 23.2. The molecule has 1 amide bonds. The van der Waals surface area contributed by atoms with Crippen molar-refractivity contribution in [1.29, 1.82) is 5.26 Å². The van der Waals surface area contributed by atoms with Crippen molar-refractivity contribution in [2.75, 3.05) is 5.32 Å². The topological polar surface area (TPSA) is 135 Å². The minimum Gasteiger partial charge on any atom is -0.457 e. The van der Waals surface area contributed by atoms with Crippen molar-refractivity contribution in [2.45, 2.75) is 44.9 Å². The van der Waals surface area contributed by atoms with Gasteiger partial charge in [-0.05, 0) is 37.5 Å². The number of nitrogens with one attached hydrogen (secondary N) is 1. The van der Waals surface area contributed by atoms with Crippen LogP contribution in [0.3, 0.4) is 0 Å². The van der Waals surface area contributed by atoms with Gasteiger partial charge in [-0.3, -0.25) is 20.2 Å². The first-order chi connectivity index (χ1) is 15.9. The number of aryl methyl sites for hydroxylation is 1. The van der Waals surface area contributed by atoms with Crippen molar-refractivity contribution >= 4 is 34.1 Å². The number of nitriles is 1. The van der Waals surface area contributed by atoms with Crippen LogP contribution < -0.4 is 5.32 Å². The first-order valence-electron chi connectivity index (χ1n) is 10.6. The molecule has 1 aromatic carbocycles. The molecule has 2 aromatic heterocycles. The Morgan fingerprint density at radius 3 is 2.79 bits per heavy atom. The highest BCUT2D eigenvalue weighted by Gasteiger charge is 2.21. The highest BCUT2D eigenvalue weighted by Crippen LogP contribution is 2.35. The molecular weight excluding hydrogens is 442 g/mol. The molecule has 0 aliphatic heterocycles. The zero-order chi connectivity index (χ0) is 23.4. The van der Waals surface area contributed by atoms with Crippen LogP contribution in [0.1, 0.15) is 54.4 Å². The number of rotatable bonds is 6. The number of furan rings is 1. The van der Waals surface area contributed by atoms with E-state index in [2.05, 4.69) is 15.5 Å². The Labute approximate surface area is 193 Å². The fourth-order valence-corrected chi connectivity index (χ4v) is 4.73. The molecule has 33 heavy (non-hydrogen) atoms. The van der Waals surface area contributed by atoms with Crippen LogP contribution in [0.15, 0.2) is 40.3 Å². The first-order valence-corrected chi connectivity index (χ1v) is 11.4. The number of hydrogen-bond acceptors (Lipinski definition) is 8. The van der Waals surface area contributed by atoms with Gasteiger partial charge in [-0.25, -0.2) is 0 Å². The van der Waals surface area contributed by atoms with E-state index in [-0.39, 0.29) is 17.0 Å². The van der Waals surface area contributed by atoms with Crippen LogP contribution in [0.4, 0.5) is 10.8 Å². The van der Waals surface area contributed by atoms with Gasteiger partial charge >= 0.3 is 0 Å². The average Bonchev–Trinajstić information content (AvgIpc) is 3.48. The van der Waals surface area contributed by atoms with Gasteiger partial charge < -0.3 is 4.42 Å². The van der Waals surface area contributed by atoms with Crippen LogP contribution in [0, 0.1) is 28.4 Å². The van der Waals surface area contributed by atoms with Crippen LogP contribution in [0.2, 0.25) is 0 Å². The molecule has 1 N–H and O–H groups in total. The normalized spacial score (nSPS) is 14.6. The summed E-state index contributed by atoms with van der Waals surface area (Å²) in [6.07, 6.45) is 7.08. The number of anilines is 1. The highest BCUT2D eigenvalue weighted by molar-refractivity contribution is 7.15. The standard InChI is InChI=1S/C23H21N5O4S/c1-14-7-8-17(28(30)31)12-19(14)20-10-9-18(32-20)11-16(13-24)21(29)25-23-27-26-22(33-23)15-5-3-2-4-6-15/h7-12,15H,2-6H2,1H3,(H,25,27,29). The Morgan fingerprint density at radius 1 is 1.27 bits per heavy atom. The number of carbonyl (C=O) groups is 1. The van der Waals surface area contributed by atoms with Gasteiger partial charge in [0.05, 0.1) is 4.92 Å². The van der Waals surface area contributed by atoms with E-state index in [1.807, 2.05) is 13.0 Å². The summed E-state index contributed by atoms with van der Waals surface area (Å²) >= 11 is 1.34. The molecule has 0 atom stereocenters. The molecular formula is C23H21N5O4S. The molecule has 3 aromatic rings. The van der Waals surface area contributed by atoms with E-state index in [0.29, 0.717) is 22.4 Å². The van der Waals surface area contributed by atoms with Crippen LogP contribution in [-0.2, 0) is 4.79 Å². The van der Waals surface area contributed by atoms with Crippen molar-refractivity contribution < 1.29 is 14.1 Å². The lowest BCUT2D eigenvalue weighted by molar-refractivity contribution is -0.384. The third-order valence-electron chi connectivity index (χ3n) is 5.59. The zero-order valence-corrected chi connectivity index (χ0v) is 18.7. The molecule has 10 heteroatoms. The van der Waals surface area contributed by atoms with E-state index in [9.17, 15) is 20.2 Å². The molecule has 0 spiro atoms. The van der Waals surface area contributed by atoms with Gasteiger partial charge in [-0.15, -0.1) is 10.2 Å². The monoisotopic (exact) mass is 463 g/mol. The maximum atomic E-state index is 12.6. The average molecular weight is 464 g/mol. The third kappa shape index (κ3) is 5.15. The summed E-state index contributed by atoms with van der Waals surface area (Å²) in [6.45, 7) is 1.81. The van der Waals surface area contributed by atoms with E-state index < -0.39 is 10.8 Å². The minimum atomic E-state index is -0.603. The van der Waals surface area contributed by atoms with Gasteiger partial charge in [0.15, 0.2) is 0 Å². The minimum absolute atomic E-state index is 0.0502. The van der Waals surface area contributed by atoms with Gasteiger partial charge in [-0.1, -0.05) is 36.7 Å². The second kappa shape index (κ2) is 9.75. The van der Waals surface area contributed by atoms with Crippen molar-refractivity contribution in [3.8, 4) is 17.4 Å². The van der Waals surface area contributed by atoms with Gasteiger partial charge in [0.1, 0.15) is 28.2 Å². The van der Waals surface area contributed by atoms with E-state index in [4.69, 9.17) is 4.42 Å². The number of nitrogens with zero attached hydrogens (tertiary/aromatic N) is 4. The SMILES string of the molecule is Cc1ccc([N+](=O)[O-])cc1-c1ccc(C=C(C#N)C(=O)Nc2nnc(C3CCCCC3)s2)o1. The predicted molar refractivity (Wildman–Crippen MR) is 123 cm³/mol. The first kappa shape index (κ1) is 22.4. The lowest BCUT2D eigenvalue weighted by Gasteiger charge is -2.18. The molecule has 0 bridgehead atoms. The zero-order valence-electron chi connectivity index (χ0n) is 17.9. The summed E-state index contributed by atoms with van der Waals surface area (Å²) in [5, 5.41) is 32.7. The number of nitro groups is 1. The highest BCUT2D eigenvalue weighted by atomic mass is 32.1. The Hall–Kier alpha value is -3.84. The number of aromatic nitrogens is 2. The summed E-state index contributed by atoms with van der Waals surface area (Å²) in [5.74, 6) is 0.462. The van der Waals surface area contributed by atoms with Gasteiger partial charge in [0.2, 0.25) is 5.13 Å². The predicted octanol–water partition coefficient (Wildman–Crippen LogP) is 5.61. The summed E-state index contributed by atoms with van der Waals surface area (Å²) in [7, 11) is 0. The van der Waals surface area contributed by atoms with Crippen molar-refractivity contribution in [3.63, 3.8) is 0 Å². The Morgan fingerprint density at radius 2 is 2.06 bits per heavy atom. The molecule has 1 saturated carbocycles. The number of nitro benzene ring substituents is 1. The number of non-ortho nitro benzene ring substituents is 1. The van der Waals surface area contributed by atoms with Crippen LogP contribution in [0.25, 0.3) is 17.4 Å². The molecule has 1 aliphatic rings. The van der Waals surface area contributed by atoms with Crippen molar-refractivity contribution in [2.24, 2.45) is 0 Å². The molecule has 1 fully saturated rings. The van der Waals surface area contributed by atoms with Gasteiger partial charge in [0.25, 0.3) is 11.6 Å². The van der Waals surface area contributed by atoms with E-state index in [1.165, 1.54) is 48.8 Å². The smallest absolute Gasteiger partial charge is 0.270 e. The number of amides is 1. The van der Waals surface area contributed by atoms with E-state index in [1.54, 1.807) is 18.2 Å². The Balaban J connectivity index is 1.49. The van der Waals surface area contributed by atoms with Crippen LogP contribution in [-0.4, -0.2) is 21.0 Å². The fraction of sp³-hybridized carbons (Fsp3) is 0.304. The van der Waals surface area contributed by atoms with E-state index in [0.717, 1.165) is 23.4 Å². The number of hydrogen-bond donors (Lipinski definition) is 1. The van der Waals surface area contributed by atoms with Crippen LogP contribution >= 0.6 is 11.3 Å². The molecule has 168 valence electrons. The molecule has 4 rings (SSSR count). The molecule has 0 saturated heterocycles. The number of carbonyl (C=O) groups excluding carboxylic acids is 1. The summed E-state index contributed by atoms with van der Waals surface area (Å²) in [5.41, 5.74) is 1.16. The molecule has 9 nitrogen and oxygen atoms in total. The lowest BCUT2D eigenvalue weighted by Crippen LogP contribution is -2.13. The Kier molecular flexibility index (Phi) is 6.60. The van der Waals surface area contributed by atoms with Crippen LogP contribution in [0.5, 0.6) is 0 Å².